The van der Waals surface area contributed by atoms with Crippen LogP contribution in [0.25, 0.3) is 0 Å². The number of hydrogen-bond acceptors (Lipinski definition) is 3. The molecule has 3 N–H and O–H groups in total. The molecule has 0 aliphatic rings. The minimum atomic E-state index is -0.0973. The molecule has 0 aromatic carbocycles. The average Bonchev–Trinajstić information content (AvgIpc) is 2.56. The van der Waals surface area contributed by atoms with E-state index in [4.69, 9.17) is 5.73 Å². The molecule has 1 aromatic rings. The van der Waals surface area contributed by atoms with E-state index in [0.717, 1.165) is 24.2 Å². The Balaban J connectivity index is 2.49. The maximum Gasteiger partial charge on any atom is 0.141 e. The van der Waals surface area contributed by atoms with Gasteiger partial charge in [-0.05, 0) is 12.8 Å². The van der Waals surface area contributed by atoms with Crippen LogP contribution in [-0.4, -0.2) is 15.2 Å². The van der Waals surface area contributed by atoms with Gasteiger partial charge in [0.15, 0.2) is 0 Å². The first-order valence-corrected chi connectivity index (χ1v) is 4.01. The van der Waals surface area contributed by atoms with Crippen molar-refractivity contribution in [1.29, 1.82) is 0 Å². The van der Waals surface area contributed by atoms with Crippen LogP contribution >= 0.6 is 0 Å². The van der Waals surface area contributed by atoms with Crippen LogP contribution in [0.2, 0.25) is 0 Å². The van der Waals surface area contributed by atoms with E-state index in [-0.39, 0.29) is 6.04 Å². The lowest BCUT2D eigenvalue weighted by atomic mass is 10.1. The van der Waals surface area contributed by atoms with Gasteiger partial charge in [-0.1, -0.05) is 19.1 Å². The van der Waals surface area contributed by atoms with Gasteiger partial charge in [0, 0.05) is 0 Å². The quantitative estimate of drug-likeness (QED) is 0.659. The molecular formula is C8H14N4. The standard InChI is InChI=1S/C8H14N4/c1-3-6(2)4-7(9)8-10-5-11-12-8/h5,7H,2-4,9H2,1H3,(H,10,11,12). The fraction of sp³-hybridized carbons (Fsp3) is 0.500. The molecule has 12 heavy (non-hydrogen) atoms. The summed E-state index contributed by atoms with van der Waals surface area (Å²) in [5.41, 5.74) is 6.96. The fourth-order valence-electron chi connectivity index (χ4n) is 0.946. The Labute approximate surface area is 71.9 Å². The smallest absolute Gasteiger partial charge is 0.141 e. The molecule has 1 unspecified atom stereocenters. The third-order valence-electron chi connectivity index (χ3n) is 1.79. The lowest BCUT2D eigenvalue weighted by Crippen LogP contribution is -2.12. The van der Waals surface area contributed by atoms with Crippen LogP contribution < -0.4 is 5.73 Å². The second-order valence-electron chi connectivity index (χ2n) is 2.78. The van der Waals surface area contributed by atoms with Gasteiger partial charge in [-0.25, -0.2) is 4.98 Å². The molecule has 0 saturated heterocycles. The number of hydrogen-bond donors (Lipinski definition) is 2. The normalized spacial score (nSPS) is 12.8. The molecule has 0 radical (unpaired) electrons. The SMILES string of the molecule is C=C(CC)CC(N)c1ncn[nH]1. The molecule has 0 amide bonds. The van der Waals surface area contributed by atoms with Gasteiger partial charge in [-0.2, -0.15) is 5.10 Å². The van der Waals surface area contributed by atoms with Gasteiger partial charge < -0.3 is 5.73 Å². The largest absolute Gasteiger partial charge is 0.321 e. The number of aromatic nitrogens is 3. The molecule has 1 aromatic heterocycles. The van der Waals surface area contributed by atoms with Crippen molar-refractivity contribution < 1.29 is 0 Å². The summed E-state index contributed by atoms with van der Waals surface area (Å²) >= 11 is 0. The minimum Gasteiger partial charge on any atom is -0.321 e. The summed E-state index contributed by atoms with van der Waals surface area (Å²) in [6.45, 7) is 5.95. The number of rotatable bonds is 4. The molecule has 0 saturated carbocycles. The molecule has 4 nitrogen and oxygen atoms in total. The van der Waals surface area contributed by atoms with Gasteiger partial charge in [-0.3, -0.25) is 5.10 Å². The molecule has 0 aliphatic carbocycles. The topological polar surface area (TPSA) is 67.6 Å². The summed E-state index contributed by atoms with van der Waals surface area (Å²) in [4.78, 5) is 3.97. The maximum absolute atomic E-state index is 5.82. The Bertz CT molecular complexity index is 240. The van der Waals surface area contributed by atoms with E-state index in [1.165, 1.54) is 6.33 Å². The first kappa shape index (κ1) is 8.93. The van der Waals surface area contributed by atoms with Crippen molar-refractivity contribution in [2.75, 3.05) is 0 Å². The molecule has 0 aliphatic heterocycles. The Morgan fingerprint density at radius 3 is 3.08 bits per heavy atom. The molecule has 1 heterocycles. The van der Waals surface area contributed by atoms with E-state index in [9.17, 15) is 0 Å². The van der Waals surface area contributed by atoms with Gasteiger partial charge in [0.1, 0.15) is 12.2 Å². The summed E-state index contributed by atoms with van der Waals surface area (Å²) < 4.78 is 0. The molecule has 0 fully saturated rings. The molecule has 66 valence electrons. The lowest BCUT2D eigenvalue weighted by molar-refractivity contribution is 0.656. The number of H-pyrrole nitrogens is 1. The predicted octanol–water partition coefficient (Wildman–Crippen LogP) is 1.16. The van der Waals surface area contributed by atoms with Crippen LogP contribution in [0.3, 0.4) is 0 Å². The number of nitrogens with one attached hydrogen (secondary N) is 1. The first-order valence-electron chi connectivity index (χ1n) is 4.01. The van der Waals surface area contributed by atoms with Crippen LogP contribution in [0.4, 0.5) is 0 Å². The maximum atomic E-state index is 5.82. The number of aromatic amines is 1. The van der Waals surface area contributed by atoms with E-state index < -0.39 is 0 Å². The van der Waals surface area contributed by atoms with Crippen molar-refractivity contribution in [2.45, 2.75) is 25.8 Å². The highest BCUT2D eigenvalue weighted by Gasteiger charge is 2.08. The summed E-state index contributed by atoms with van der Waals surface area (Å²) in [7, 11) is 0. The fourth-order valence-corrected chi connectivity index (χ4v) is 0.946. The molecule has 1 atom stereocenters. The second-order valence-corrected chi connectivity index (χ2v) is 2.78. The van der Waals surface area contributed by atoms with Crippen LogP contribution in [0.5, 0.6) is 0 Å². The summed E-state index contributed by atoms with van der Waals surface area (Å²) in [5.74, 6) is 0.726. The van der Waals surface area contributed by atoms with Crippen molar-refractivity contribution >= 4 is 0 Å². The predicted molar refractivity (Wildman–Crippen MR) is 47.4 cm³/mol. The zero-order valence-electron chi connectivity index (χ0n) is 7.25. The van der Waals surface area contributed by atoms with Gasteiger partial charge in [-0.15, -0.1) is 0 Å². The van der Waals surface area contributed by atoms with Gasteiger partial charge in [0.05, 0.1) is 6.04 Å². The lowest BCUT2D eigenvalue weighted by Gasteiger charge is -2.08. The van der Waals surface area contributed by atoms with Gasteiger partial charge >= 0.3 is 0 Å². The van der Waals surface area contributed by atoms with Gasteiger partial charge in [0.2, 0.25) is 0 Å². The van der Waals surface area contributed by atoms with E-state index in [0.29, 0.717) is 0 Å². The molecule has 0 bridgehead atoms. The van der Waals surface area contributed by atoms with Crippen molar-refractivity contribution in [3.05, 3.63) is 24.3 Å². The molecule has 4 heteroatoms. The highest BCUT2D eigenvalue weighted by Crippen LogP contribution is 2.14. The first-order chi connectivity index (χ1) is 5.74. The van der Waals surface area contributed by atoms with Crippen LogP contribution in [-0.2, 0) is 0 Å². The van der Waals surface area contributed by atoms with E-state index in [1.54, 1.807) is 0 Å². The Morgan fingerprint density at radius 2 is 2.58 bits per heavy atom. The van der Waals surface area contributed by atoms with Crippen molar-refractivity contribution in [3.63, 3.8) is 0 Å². The zero-order valence-corrected chi connectivity index (χ0v) is 7.25. The second kappa shape index (κ2) is 4.01. The van der Waals surface area contributed by atoms with Crippen molar-refractivity contribution in [2.24, 2.45) is 5.73 Å². The van der Waals surface area contributed by atoms with Crippen molar-refractivity contribution in [1.82, 2.24) is 15.2 Å². The third-order valence-corrected chi connectivity index (χ3v) is 1.79. The monoisotopic (exact) mass is 166 g/mol. The zero-order chi connectivity index (χ0) is 8.97. The van der Waals surface area contributed by atoms with E-state index >= 15 is 0 Å². The Morgan fingerprint density at radius 1 is 1.83 bits per heavy atom. The summed E-state index contributed by atoms with van der Waals surface area (Å²) in [6.07, 6.45) is 3.19. The molecule has 1 rings (SSSR count). The van der Waals surface area contributed by atoms with Crippen LogP contribution in [0.15, 0.2) is 18.5 Å². The average molecular weight is 166 g/mol. The summed E-state index contributed by atoms with van der Waals surface area (Å²) in [6, 6.07) is -0.0973. The number of nitrogens with two attached hydrogens (primary N) is 1. The Kier molecular flexibility index (Phi) is 2.99. The van der Waals surface area contributed by atoms with E-state index in [1.807, 2.05) is 0 Å². The minimum absolute atomic E-state index is 0.0973. The van der Waals surface area contributed by atoms with Crippen molar-refractivity contribution in [3.8, 4) is 0 Å². The highest BCUT2D eigenvalue weighted by atomic mass is 15.2. The number of nitrogens with zero attached hydrogens (tertiary/aromatic N) is 2. The van der Waals surface area contributed by atoms with Crippen LogP contribution in [0, 0.1) is 0 Å². The molecular weight excluding hydrogens is 152 g/mol. The van der Waals surface area contributed by atoms with Gasteiger partial charge in [0.25, 0.3) is 0 Å². The summed E-state index contributed by atoms with van der Waals surface area (Å²) in [5, 5.41) is 6.47. The van der Waals surface area contributed by atoms with Crippen LogP contribution in [0.1, 0.15) is 31.6 Å². The highest BCUT2D eigenvalue weighted by molar-refractivity contribution is 5.01. The third kappa shape index (κ3) is 2.17. The molecule has 0 spiro atoms. The Hall–Kier alpha value is -1.16. The van der Waals surface area contributed by atoms with E-state index in [2.05, 4.69) is 28.7 Å².